The Morgan fingerprint density at radius 3 is 2.58 bits per heavy atom. The fourth-order valence-electron chi connectivity index (χ4n) is 2.10. The Labute approximate surface area is 137 Å². The van der Waals surface area contributed by atoms with Gasteiger partial charge >= 0.3 is 10.0 Å². The molecule has 24 heavy (non-hydrogen) atoms. The van der Waals surface area contributed by atoms with Crippen LogP contribution in [0.3, 0.4) is 0 Å². The van der Waals surface area contributed by atoms with Gasteiger partial charge in [-0.3, -0.25) is 9.59 Å². The number of sulfonamides is 1. The minimum Gasteiger partial charge on any atom is -0.479 e. The van der Waals surface area contributed by atoms with Crippen LogP contribution in [0.15, 0.2) is 48.5 Å². The molecule has 0 spiro atoms. The van der Waals surface area contributed by atoms with Crippen LogP contribution in [-0.4, -0.2) is 26.6 Å². The number of carbonyl (C=O) groups is 2. The molecule has 2 aromatic rings. The molecule has 1 heterocycles. The topological polar surface area (TPSA) is 102 Å². The number of hydrogen-bond acceptors (Lipinski definition) is 6. The first-order valence-electron chi connectivity index (χ1n) is 6.80. The normalized spacial score (nSPS) is 13.2. The first-order valence-corrected chi connectivity index (χ1v) is 8.31. The Balaban J connectivity index is 2.08. The molecule has 1 N–H and O–H groups in total. The van der Waals surface area contributed by atoms with Gasteiger partial charge in [-0.25, -0.2) is 0 Å². The van der Waals surface area contributed by atoms with Gasteiger partial charge in [-0.05, 0) is 24.3 Å². The molecule has 0 bridgehead atoms. The van der Waals surface area contributed by atoms with E-state index in [2.05, 4.69) is 5.32 Å². The summed E-state index contributed by atoms with van der Waals surface area (Å²) in [4.78, 5) is 27.8. The molecule has 0 radical (unpaired) electrons. The minimum absolute atomic E-state index is 0.0246. The van der Waals surface area contributed by atoms with E-state index in [1.807, 2.05) is 0 Å². The van der Waals surface area contributed by atoms with Crippen LogP contribution in [0.2, 0.25) is 0 Å². The lowest BCUT2D eigenvalue weighted by Gasteiger charge is -2.26. The number of nitrogens with one attached hydrogen (secondary N) is 1. The van der Waals surface area contributed by atoms with Gasteiger partial charge in [0.25, 0.3) is 11.5 Å². The lowest BCUT2D eigenvalue weighted by Crippen LogP contribution is -2.36. The van der Waals surface area contributed by atoms with Crippen molar-refractivity contribution in [1.29, 1.82) is 0 Å². The van der Waals surface area contributed by atoms with E-state index >= 15 is 0 Å². The van der Waals surface area contributed by atoms with E-state index < -0.39 is 10.0 Å². The van der Waals surface area contributed by atoms with Gasteiger partial charge in [0.05, 0.1) is 5.69 Å². The van der Waals surface area contributed by atoms with E-state index in [0.29, 0.717) is 4.47 Å². The van der Waals surface area contributed by atoms with Gasteiger partial charge in [0.2, 0.25) is 0 Å². The third-order valence-electron chi connectivity index (χ3n) is 3.10. The van der Waals surface area contributed by atoms with Crippen LogP contribution in [0.5, 0.6) is 11.5 Å². The fraction of sp³-hybridized carbons (Fsp3) is 0.0667. The molecule has 9 heteroatoms. The third kappa shape index (κ3) is 3.01. The minimum atomic E-state index is -4.42. The summed E-state index contributed by atoms with van der Waals surface area (Å²) in [7, 11) is -4.42. The van der Waals surface area contributed by atoms with Crippen molar-refractivity contribution in [2.45, 2.75) is 0 Å². The maximum absolute atomic E-state index is 12.1. The quantitative estimate of drug-likeness (QED) is 0.646. The number of rotatable bonds is 5. The summed E-state index contributed by atoms with van der Waals surface area (Å²) in [5, 5.41) is 2.56. The summed E-state index contributed by atoms with van der Waals surface area (Å²) in [6.07, 6.45) is 0. The highest BCUT2D eigenvalue weighted by Gasteiger charge is 2.31. The van der Waals surface area contributed by atoms with Crippen LogP contribution < -0.4 is 19.4 Å². The first-order chi connectivity index (χ1) is 11.5. The zero-order valence-corrected chi connectivity index (χ0v) is 13.0. The highest BCUT2D eigenvalue weighted by Crippen LogP contribution is 2.39. The van der Waals surface area contributed by atoms with Gasteiger partial charge in [0, 0.05) is 0 Å². The predicted molar refractivity (Wildman–Crippen MR) is 85.8 cm³/mol. The van der Waals surface area contributed by atoms with Crippen LogP contribution in [0.4, 0.5) is 11.4 Å². The fourth-order valence-corrected chi connectivity index (χ4v) is 2.78. The number of benzene rings is 2. The average Bonchev–Trinajstić information content (AvgIpc) is 2.60. The maximum atomic E-state index is 12.1. The predicted octanol–water partition coefficient (Wildman–Crippen LogP) is 1.34. The Morgan fingerprint density at radius 2 is 1.88 bits per heavy atom. The van der Waals surface area contributed by atoms with Crippen molar-refractivity contribution in [2.75, 3.05) is 16.4 Å². The number of nitrogens with zero attached hydrogens (tertiary/aromatic N) is 1. The highest BCUT2D eigenvalue weighted by atomic mass is 32.2. The second-order valence-corrected chi connectivity index (χ2v) is 6.32. The van der Waals surface area contributed by atoms with E-state index in [1.165, 1.54) is 24.3 Å². The SMILES string of the molecule is O=CS(=O)(=O)N(Oc1ccccc1)c1cccc2c1OCC(=O)N2. The van der Waals surface area contributed by atoms with Gasteiger partial charge < -0.3 is 14.9 Å². The molecule has 0 aliphatic carbocycles. The van der Waals surface area contributed by atoms with Crippen LogP contribution in [0.25, 0.3) is 0 Å². The summed E-state index contributed by atoms with van der Waals surface area (Å²) in [6, 6.07) is 12.6. The number of amides is 1. The molecule has 0 saturated carbocycles. The molecule has 1 aliphatic rings. The Bertz CT molecular complexity index is 882. The molecule has 0 unspecified atom stereocenters. The van der Waals surface area contributed by atoms with Crippen LogP contribution in [-0.2, 0) is 19.6 Å². The number of para-hydroxylation sites is 2. The zero-order chi connectivity index (χ0) is 17.2. The molecule has 2 aromatic carbocycles. The third-order valence-corrected chi connectivity index (χ3v) is 4.07. The molecular weight excluding hydrogens is 336 g/mol. The van der Waals surface area contributed by atoms with Crippen molar-refractivity contribution in [2.24, 2.45) is 0 Å². The van der Waals surface area contributed by atoms with Crippen molar-refractivity contribution >= 4 is 32.9 Å². The molecule has 124 valence electrons. The van der Waals surface area contributed by atoms with Gasteiger partial charge in [-0.15, -0.1) is 0 Å². The molecule has 3 rings (SSSR count). The summed E-state index contributed by atoms with van der Waals surface area (Å²) < 4.78 is 30.1. The van der Waals surface area contributed by atoms with E-state index in [9.17, 15) is 18.0 Å². The Hall–Kier alpha value is -3.07. The van der Waals surface area contributed by atoms with Gasteiger partial charge in [-0.2, -0.15) is 8.42 Å². The van der Waals surface area contributed by atoms with E-state index in [0.717, 1.165) is 0 Å². The standard InChI is InChI=1S/C15H12N2O6S/c18-10-24(20,21)17(23-11-5-2-1-3-6-11)13-8-4-7-12-15(13)22-9-14(19)16-12/h1-8,10H,9H2,(H,16,19). The molecule has 0 fully saturated rings. The highest BCUT2D eigenvalue weighted by molar-refractivity contribution is 8.05. The van der Waals surface area contributed by atoms with Crippen molar-refractivity contribution in [3.63, 3.8) is 0 Å². The summed E-state index contributed by atoms with van der Waals surface area (Å²) in [5.41, 5.74) is 0.0338. The van der Waals surface area contributed by atoms with Crippen LogP contribution >= 0.6 is 0 Å². The average molecular weight is 348 g/mol. The second-order valence-electron chi connectivity index (χ2n) is 4.76. The van der Waals surface area contributed by atoms with E-state index in [-0.39, 0.29) is 41.0 Å². The zero-order valence-electron chi connectivity index (χ0n) is 12.2. The molecule has 0 saturated heterocycles. The monoisotopic (exact) mass is 348 g/mol. The molecule has 0 atom stereocenters. The molecule has 1 amide bonds. The Kier molecular flexibility index (Phi) is 4.09. The van der Waals surface area contributed by atoms with Gasteiger partial charge in [0.1, 0.15) is 5.69 Å². The number of anilines is 2. The Morgan fingerprint density at radius 1 is 1.12 bits per heavy atom. The summed E-state index contributed by atoms with van der Waals surface area (Å²) in [5.74, 6) is -0.0627. The largest absolute Gasteiger partial charge is 0.479 e. The van der Waals surface area contributed by atoms with Crippen molar-refractivity contribution < 1.29 is 27.6 Å². The first kappa shape index (κ1) is 15.8. The molecule has 8 nitrogen and oxygen atoms in total. The number of fused-ring (bicyclic) bond motifs is 1. The number of ether oxygens (including phenoxy) is 1. The smallest absolute Gasteiger partial charge is 0.326 e. The molecule has 1 aliphatic heterocycles. The van der Waals surface area contributed by atoms with Gasteiger partial charge in [-0.1, -0.05) is 28.7 Å². The van der Waals surface area contributed by atoms with Crippen molar-refractivity contribution in [1.82, 2.24) is 0 Å². The van der Waals surface area contributed by atoms with Crippen LogP contribution in [0, 0.1) is 0 Å². The van der Waals surface area contributed by atoms with Gasteiger partial charge in [0.15, 0.2) is 18.1 Å². The lowest BCUT2D eigenvalue weighted by molar-refractivity contribution is -0.118. The second kappa shape index (κ2) is 6.20. The summed E-state index contributed by atoms with van der Waals surface area (Å²) >= 11 is 0. The lowest BCUT2D eigenvalue weighted by atomic mass is 10.2. The van der Waals surface area contributed by atoms with E-state index in [1.54, 1.807) is 24.3 Å². The number of carbonyl (C=O) groups excluding carboxylic acids is 2. The van der Waals surface area contributed by atoms with E-state index in [4.69, 9.17) is 9.57 Å². The summed E-state index contributed by atoms with van der Waals surface area (Å²) in [6.45, 7) is -0.273. The number of hydrogen-bond donors (Lipinski definition) is 1. The maximum Gasteiger partial charge on any atom is 0.326 e. The molecular formula is C15H12N2O6S. The van der Waals surface area contributed by atoms with Crippen LogP contribution in [0.1, 0.15) is 0 Å². The molecule has 0 aromatic heterocycles. The van der Waals surface area contributed by atoms with Crippen molar-refractivity contribution in [3.8, 4) is 11.5 Å². The van der Waals surface area contributed by atoms with Crippen molar-refractivity contribution in [3.05, 3.63) is 48.5 Å².